The number of hydrogen-bond acceptors (Lipinski definition) is 3. The summed E-state index contributed by atoms with van der Waals surface area (Å²) < 4.78 is 0. The second kappa shape index (κ2) is 8.00. The van der Waals surface area contributed by atoms with Crippen molar-refractivity contribution in [1.82, 2.24) is 0 Å². The summed E-state index contributed by atoms with van der Waals surface area (Å²) in [6.07, 6.45) is 0.344. The first-order valence-corrected chi connectivity index (χ1v) is 8.35. The Labute approximate surface area is 153 Å². The molecule has 0 saturated carbocycles. The average molecular weight is 341 g/mol. The molecule has 0 aliphatic carbocycles. The van der Waals surface area contributed by atoms with Crippen molar-refractivity contribution in [2.45, 2.75) is 13.3 Å². The highest BCUT2D eigenvalue weighted by molar-refractivity contribution is 5.92. The number of amides is 1. The summed E-state index contributed by atoms with van der Waals surface area (Å²) >= 11 is 0. The second-order valence-electron chi connectivity index (χ2n) is 6.07. The van der Waals surface area contributed by atoms with Crippen LogP contribution in [0.5, 0.6) is 0 Å². The topological polar surface area (TPSA) is 64.9 Å². The van der Waals surface area contributed by atoms with Crippen molar-refractivity contribution in [3.05, 3.63) is 89.5 Å². The third-order valence-electron chi connectivity index (χ3n) is 3.94. The Morgan fingerprint density at radius 2 is 1.69 bits per heavy atom. The molecule has 0 radical (unpaired) electrons. The lowest BCUT2D eigenvalue weighted by Gasteiger charge is -2.10. The molecule has 0 aliphatic heterocycles. The number of rotatable bonds is 5. The van der Waals surface area contributed by atoms with E-state index in [1.54, 1.807) is 6.07 Å². The predicted octanol–water partition coefficient (Wildman–Crippen LogP) is 4.79. The molecule has 128 valence electrons. The molecular formula is C22H19N3O. The second-order valence-corrected chi connectivity index (χ2v) is 6.07. The predicted molar refractivity (Wildman–Crippen MR) is 104 cm³/mol. The van der Waals surface area contributed by atoms with Gasteiger partial charge in [-0.1, -0.05) is 42.0 Å². The third-order valence-corrected chi connectivity index (χ3v) is 3.94. The van der Waals surface area contributed by atoms with E-state index in [4.69, 9.17) is 5.26 Å². The summed E-state index contributed by atoms with van der Waals surface area (Å²) in [6, 6.07) is 24.8. The zero-order chi connectivity index (χ0) is 18.4. The highest BCUT2D eigenvalue weighted by Gasteiger charge is 2.05. The SMILES string of the molecule is Cc1cccc(CC(=O)Nc2ccc(Nc3ccccc3C#N)cc2)c1. The standard InChI is InChI=1S/C22H19N3O/c1-16-5-4-6-17(13-16)14-22(26)25-20-11-9-19(10-12-20)24-21-8-3-2-7-18(21)15-23/h2-13,24H,14H2,1H3,(H,25,26). The molecule has 0 aliphatic rings. The molecule has 0 aromatic heterocycles. The van der Waals surface area contributed by atoms with Gasteiger partial charge < -0.3 is 10.6 Å². The Bertz CT molecular complexity index is 956. The lowest BCUT2D eigenvalue weighted by atomic mass is 10.1. The van der Waals surface area contributed by atoms with Crippen molar-refractivity contribution in [2.24, 2.45) is 0 Å². The van der Waals surface area contributed by atoms with Gasteiger partial charge in [0, 0.05) is 11.4 Å². The highest BCUT2D eigenvalue weighted by Crippen LogP contribution is 2.21. The van der Waals surface area contributed by atoms with E-state index in [2.05, 4.69) is 16.7 Å². The van der Waals surface area contributed by atoms with E-state index in [1.807, 2.05) is 73.7 Å². The molecule has 3 rings (SSSR count). The van der Waals surface area contributed by atoms with Crippen LogP contribution in [0.3, 0.4) is 0 Å². The van der Waals surface area contributed by atoms with Gasteiger partial charge in [-0.05, 0) is 48.9 Å². The van der Waals surface area contributed by atoms with E-state index in [0.29, 0.717) is 12.0 Å². The van der Waals surface area contributed by atoms with Crippen LogP contribution < -0.4 is 10.6 Å². The van der Waals surface area contributed by atoms with E-state index >= 15 is 0 Å². The molecule has 1 amide bonds. The lowest BCUT2D eigenvalue weighted by Crippen LogP contribution is -2.14. The zero-order valence-electron chi connectivity index (χ0n) is 14.5. The molecule has 0 unspecified atom stereocenters. The van der Waals surface area contributed by atoms with Crippen molar-refractivity contribution in [3.63, 3.8) is 0 Å². The Kier molecular flexibility index (Phi) is 5.31. The van der Waals surface area contributed by atoms with Gasteiger partial charge in [0.2, 0.25) is 5.91 Å². The monoisotopic (exact) mass is 341 g/mol. The van der Waals surface area contributed by atoms with Crippen molar-refractivity contribution in [2.75, 3.05) is 10.6 Å². The molecule has 0 atom stereocenters. The number of carbonyl (C=O) groups is 1. The summed E-state index contributed by atoms with van der Waals surface area (Å²) in [5.41, 5.74) is 5.07. The van der Waals surface area contributed by atoms with Crippen molar-refractivity contribution >= 4 is 23.0 Å². The van der Waals surface area contributed by atoms with Crippen LogP contribution in [0.15, 0.2) is 72.8 Å². The normalized spacial score (nSPS) is 10.0. The summed E-state index contributed by atoms with van der Waals surface area (Å²) in [6.45, 7) is 2.01. The molecular weight excluding hydrogens is 322 g/mol. The Morgan fingerprint density at radius 3 is 2.42 bits per heavy atom. The summed E-state index contributed by atoms with van der Waals surface area (Å²) in [4.78, 5) is 12.2. The number of anilines is 3. The molecule has 3 aromatic rings. The Balaban J connectivity index is 1.62. The number of nitrogens with one attached hydrogen (secondary N) is 2. The van der Waals surface area contributed by atoms with E-state index < -0.39 is 0 Å². The Morgan fingerprint density at radius 1 is 0.962 bits per heavy atom. The van der Waals surface area contributed by atoms with Gasteiger partial charge >= 0.3 is 0 Å². The van der Waals surface area contributed by atoms with Gasteiger partial charge in [-0.15, -0.1) is 0 Å². The Hall–Kier alpha value is -3.58. The lowest BCUT2D eigenvalue weighted by molar-refractivity contribution is -0.115. The van der Waals surface area contributed by atoms with E-state index in [1.165, 1.54) is 0 Å². The molecule has 0 spiro atoms. The van der Waals surface area contributed by atoms with Crippen LogP contribution >= 0.6 is 0 Å². The smallest absolute Gasteiger partial charge is 0.228 e. The van der Waals surface area contributed by atoms with Crippen LogP contribution in [0, 0.1) is 18.3 Å². The van der Waals surface area contributed by atoms with Gasteiger partial charge in [-0.3, -0.25) is 4.79 Å². The number of para-hydroxylation sites is 1. The molecule has 0 heterocycles. The molecule has 0 saturated heterocycles. The van der Waals surface area contributed by atoms with Crippen LogP contribution in [0.1, 0.15) is 16.7 Å². The molecule has 0 bridgehead atoms. The fraction of sp³-hybridized carbons (Fsp3) is 0.0909. The molecule has 2 N–H and O–H groups in total. The van der Waals surface area contributed by atoms with Gasteiger partial charge in [-0.25, -0.2) is 0 Å². The first-order valence-electron chi connectivity index (χ1n) is 8.35. The number of nitrogens with zero attached hydrogens (tertiary/aromatic N) is 1. The maximum atomic E-state index is 12.2. The molecule has 3 aromatic carbocycles. The maximum Gasteiger partial charge on any atom is 0.228 e. The number of benzene rings is 3. The van der Waals surface area contributed by atoms with E-state index in [0.717, 1.165) is 28.2 Å². The number of hydrogen-bond donors (Lipinski definition) is 2. The van der Waals surface area contributed by atoms with Crippen molar-refractivity contribution in [3.8, 4) is 6.07 Å². The van der Waals surface area contributed by atoms with Gasteiger partial charge in [-0.2, -0.15) is 5.26 Å². The molecule has 4 nitrogen and oxygen atoms in total. The van der Waals surface area contributed by atoms with Gasteiger partial charge in [0.05, 0.1) is 17.7 Å². The van der Waals surface area contributed by atoms with Gasteiger partial charge in [0.25, 0.3) is 0 Å². The fourth-order valence-corrected chi connectivity index (χ4v) is 2.69. The van der Waals surface area contributed by atoms with Crippen LogP contribution in [-0.4, -0.2) is 5.91 Å². The minimum atomic E-state index is -0.0499. The maximum absolute atomic E-state index is 12.2. The number of aryl methyl sites for hydroxylation is 1. The van der Waals surface area contributed by atoms with Crippen LogP contribution in [0.2, 0.25) is 0 Å². The molecule has 4 heteroatoms. The van der Waals surface area contributed by atoms with Gasteiger partial charge in [0.1, 0.15) is 6.07 Å². The minimum absolute atomic E-state index is 0.0499. The first kappa shape index (κ1) is 17.2. The third kappa shape index (κ3) is 4.49. The quantitative estimate of drug-likeness (QED) is 0.701. The first-order chi connectivity index (χ1) is 12.6. The number of nitriles is 1. The largest absolute Gasteiger partial charge is 0.354 e. The van der Waals surface area contributed by atoms with Gasteiger partial charge in [0.15, 0.2) is 0 Å². The number of carbonyl (C=O) groups excluding carboxylic acids is 1. The van der Waals surface area contributed by atoms with E-state index in [9.17, 15) is 4.79 Å². The van der Waals surface area contributed by atoms with Crippen LogP contribution in [-0.2, 0) is 11.2 Å². The van der Waals surface area contributed by atoms with Crippen LogP contribution in [0.4, 0.5) is 17.1 Å². The minimum Gasteiger partial charge on any atom is -0.354 e. The highest BCUT2D eigenvalue weighted by atomic mass is 16.1. The average Bonchev–Trinajstić information content (AvgIpc) is 2.64. The fourth-order valence-electron chi connectivity index (χ4n) is 2.69. The van der Waals surface area contributed by atoms with Crippen molar-refractivity contribution in [1.29, 1.82) is 5.26 Å². The zero-order valence-corrected chi connectivity index (χ0v) is 14.5. The molecule has 26 heavy (non-hydrogen) atoms. The van der Waals surface area contributed by atoms with Crippen molar-refractivity contribution < 1.29 is 4.79 Å². The molecule has 0 fully saturated rings. The van der Waals surface area contributed by atoms with Crippen LogP contribution in [0.25, 0.3) is 0 Å². The summed E-state index contributed by atoms with van der Waals surface area (Å²) in [5.74, 6) is -0.0499. The summed E-state index contributed by atoms with van der Waals surface area (Å²) in [7, 11) is 0. The summed E-state index contributed by atoms with van der Waals surface area (Å²) in [5, 5.41) is 15.3. The van der Waals surface area contributed by atoms with E-state index in [-0.39, 0.29) is 5.91 Å².